The maximum atomic E-state index is 11.9. The fourth-order valence-electron chi connectivity index (χ4n) is 1.63. The first-order valence-electron chi connectivity index (χ1n) is 7.07. The van der Waals surface area contributed by atoms with Crippen LogP contribution in [0.5, 0.6) is 11.5 Å². The summed E-state index contributed by atoms with van der Waals surface area (Å²) in [5, 5.41) is 2.83. The minimum Gasteiger partial charge on any atom is -0.497 e. The number of methoxy groups -OCH3 is 2. The Hall–Kier alpha value is -2.24. The average molecular weight is 309 g/mol. The molecule has 6 nitrogen and oxygen atoms in total. The molecule has 0 saturated carbocycles. The second-order valence-electron chi connectivity index (χ2n) is 5.24. The number of carbonyl (C=O) groups is 2. The van der Waals surface area contributed by atoms with E-state index in [0.29, 0.717) is 11.7 Å². The molecule has 1 rings (SSSR count). The molecule has 0 spiro atoms. The topological polar surface area (TPSA) is 73.9 Å². The molecule has 0 aliphatic rings. The second kappa shape index (κ2) is 8.26. The van der Waals surface area contributed by atoms with E-state index in [2.05, 4.69) is 5.32 Å². The third-order valence-corrected chi connectivity index (χ3v) is 3.34. The molecule has 1 aromatic carbocycles. The van der Waals surface area contributed by atoms with Crippen LogP contribution in [0.2, 0.25) is 0 Å². The highest BCUT2D eigenvalue weighted by Gasteiger charge is 2.16. The molecule has 0 heterocycles. The van der Waals surface area contributed by atoms with Crippen LogP contribution in [0.15, 0.2) is 18.2 Å². The van der Waals surface area contributed by atoms with Gasteiger partial charge in [-0.2, -0.15) is 0 Å². The molecule has 22 heavy (non-hydrogen) atoms. The fourth-order valence-corrected chi connectivity index (χ4v) is 1.63. The maximum absolute atomic E-state index is 11.9. The Morgan fingerprint density at radius 3 is 2.41 bits per heavy atom. The van der Waals surface area contributed by atoms with E-state index in [9.17, 15) is 9.59 Å². The Morgan fingerprint density at radius 1 is 1.18 bits per heavy atom. The molecule has 0 bridgehead atoms. The molecule has 6 heteroatoms. The van der Waals surface area contributed by atoms with E-state index in [0.717, 1.165) is 0 Å². The van der Waals surface area contributed by atoms with Gasteiger partial charge in [0.2, 0.25) is 0 Å². The predicted molar refractivity (Wildman–Crippen MR) is 82.3 cm³/mol. The quantitative estimate of drug-likeness (QED) is 0.780. The van der Waals surface area contributed by atoms with Crippen molar-refractivity contribution in [3.63, 3.8) is 0 Å². The number of amides is 1. The number of hydrogen-bond acceptors (Lipinski definition) is 5. The van der Waals surface area contributed by atoms with Crippen LogP contribution in [0, 0.1) is 5.92 Å². The van der Waals surface area contributed by atoms with Crippen LogP contribution in [0.25, 0.3) is 0 Å². The maximum Gasteiger partial charge on any atom is 0.341 e. The van der Waals surface area contributed by atoms with Crippen LogP contribution in [-0.2, 0) is 9.53 Å². The summed E-state index contributed by atoms with van der Waals surface area (Å²) < 4.78 is 15.2. The first-order valence-corrected chi connectivity index (χ1v) is 7.07. The van der Waals surface area contributed by atoms with E-state index in [4.69, 9.17) is 14.2 Å². The van der Waals surface area contributed by atoms with Crippen molar-refractivity contribution in [3.8, 4) is 11.5 Å². The standard InChI is InChI=1S/C16H23NO5/c1-10(2)11(3)17-15(18)9-22-14-8-12(20-4)6-7-13(14)16(19)21-5/h6-8,10-11H,9H2,1-5H3,(H,17,18)/t11-/m0/s1. The molecule has 0 unspecified atom stereocenters. The highest BCUT2D eigenvalue weighted by atomic mass is 16.5. The normalized spacial score (nSPS) is 11.7. The van der Waals surface area contributed by atoms with Crippen molar-refractivity contribution in [2.24, 2.45) is 5.92 Å². The summed E-state index contributed by atoms with van der Waals surface area (Å²) in [6.45, 7) is 5.77. The van der Waals surface area contributed by atoms with Crippen LogP contribution in [-0.4, -0.2) is 38.7 Å². The van der Waals surface area contributed by atoms with Crippen LogP contribution >= 0.6 is 0 Å². The molecular formula is C16H23NO5. The van der Waals surface area contributed by atoms with Gasteiger partial charge in [-0.05, 0) is 25.0 Å². The summed E-state index contributed by atoms with van der Waals surface area (Å²) in [6, 6.07) is 4.75. The van der Waals surface area contributed by atoms with E-state index in [1.54, 1.807) is 12.1 Å². The lowest BCUT2D eigenvalue weighted by Gasteiger charge is -2.18. The van der Waals surface area contributed by atoms with Crippen LogP contribution in [0.3, 0.4) is 0 Å². The summed E-state index contributed by atoms with van der Waals surface area (Å²) in [4.78, 5) is 23.6. The van der Waals surface area contributed by atoms with E-state index >= 15 is 0 Å². The number of carbonyl (C=O) groups excluding carboxylic acids is 2. The number of rotatable bonds is 7. The van der Waals surface area contributed by atoms with Gasteiger partial charge in [-0.1, -0.05) is 13.8 Å². The molecule has 0 aliphatic carbocycles. The zero-order valence-electron chi connectivity index (χ0n) is 13.6. The van der Waals surface area contributed by atoms with Crippen LogP contribution in [0.4, 0.5) is 0 Å². The van der Waals surface area contributed by atoms with E-state index in [1.165, 1.54) is 20.3 Å². The van der Waals surface area contributed by atoms with Crippen molar-refractivity contribution >= 4 is 11.9 Å². The Morgan fingerprint density at radius 2 is 1.86 bits per heavy atom. The minimum absolute atomic E-state index is 0.0430. The lowest BCUT2D eigenvalue weighted by molar-refractivity contribution is -0.124. The first-order chi connectivity index (χ1) is 10.4. The van der Waals surface area contributed by atoms with Gasteiger partial charge in [0.05, 0.1) is 14.2 Å². The number of ether oxygens (including phenoxy) is 3. The molecule has 1 N–H and O–H groups in total. The van der Waals surface area contributed by atoms with Gasteiger partial charge < -0.3 is 19.5 Å². The summed E-state index contributed by atoms with van der Waals surface area (Å²) in [7, 11) is 2.79. The summed E-state index contributed by atoms with van der Waals surface area (Å²) in [5.41, 5.74) is 0.244. The lowest BCUT2D eigenvalue weighted by Crippen LogP contribution is -2.39. The molecule has 1 aromatic rings. The summed E-state index contributed by atoms with van der Waals surface area (Å²) in [5.74, 6) is 0.317. The zero-order valence-corrected chi connectivity index (χ0v) is 13.6. The van der Waals surface area contributed by atoms with Crippen LogP contribution in [0.1, 0.15) is 31.1 Å². The monoisotopic (exact) mass is 309 g/mol. The minimum atomic E-state index is -0.534. The molecular weight excluding hydrogens is 286 g/mol. The van der Waals surface area contributed by atoms with E-state index < -0.39 is 5.97 Å². The van der Waals surface area contributed by atoms with Crippen molar-refractivity contribution in [3.05, 3.63) is 23.8 Å². The second-order valence-corrected chi connectivity index (χ2v) is 5.24. The third kappa shape index (κ3) is 4.95. The lowest BCUT2D eigenvalue weighted by atomic mass is 10.1. The highest BCUT2D eigenvalue weighted by molar-refractivity contribution is 5.92. The SMILES string of the molecule is COC(=O)c1ccc(OC)cc1OCC(=O)N[C@@H](C)C(C)C. The van der Waals surface area contributed by atoms with Gasteiger partial charge in [-0.15, -0.1) is 0 Å². The first kappa shape index (κ1) is 17.8. The van der Waals surface area contributed by atoms with E-state index in [-0.39, 0.29) is 29.9 Å². The van der Waals surface area contributed by atoms with Gasteiger partial charge in [0, 0.05) is 12.1 Å². The molecule has 0 aliphatic heterocycles. The van der Waals surface area contributed by atoms with Gasteiger partial charge >= 0.3 is 5.97 Å². The van der Waals surface area contributed by atoms with Gasteiger partial charge in [-0.3, -0.25) is 4.79 Å². The number of hydrogen-bond donors (Lipinski definition) is 1. The largest absolute Gasteiger partial charge is 0.497 e. The smallest absolute Gasteiger partial charge is 0.341 e. The number of esters is 1. The van der Waals surface area contributed by atoms with Gasteiger partial charge in [0.15, 0.2) is 6.61 Å². The predicted octanol–water partition coefficient (Wildman–Crippen LogP) is 2.02. The van der Waals surface area contributed by atoms with Crippen molar-refractivity contribution in [1.29, 1.82) is 0 Å². The molecule has 1 amide bonds. The van der Waals surface area contributed by atoms with Gasteiger partial charge in [0.25, 0.3) is 5.91 Å². The van der Waals surface area contributed by atoms with Crippen molar-refractivity contribution < 1.29 is 23.8 Å². The molecule has 0 aromatic heterocycles. The Kier molecular flexibility index (Phi) is 6.69. The molecule has 0 fully saturated rings. The average Bonchev–Trinajstić information content (AvgIpc) is 2.51. The van der Waals surface area contributed by atoms with Crippen LogP contribution < -0.4 is 14.8 Å². The van der Waals surface area contributed by atoms with Crippen molar-refractivity contribution in [2.45, 2.75) is 26.8 Å². The van der Waals surface area contributed by atoms with Crippen molar-refractivity contribution in [2.75, 3.05) is 20.8 Å². The zero-order chi connectivity index (χ0) is 16.7. The van der Waals surface area contributed by atoms with Gasteiger partial charge in [-0.25, -0.2) is 4.79 Å². The molecule has 0 saturated heterocycles. The Labute approximate surface area is 130 Å². The Bertz CT molecular complexity index is 527. The highest BCUT2D eigenvalue weighted by Crippen LogP contribution is 2.25. The summed E-state index contributed by atoms with van der Waals surface area (Å²) in [6.07, 6.45) is 0. The van der Waals surface area contributed by atoms with Gasteiger partial charge in [0.1, 0.15) is 17.1 Å². The Balaban J connectivity index is 2.78. The third-order valence-electron chi connectivity index (χ3n) is 3.34. The van der Waals surface area contributed by atoms with Crippen molar-refractivity contribution in [1.82, 2.24) is 5.32 Å². The molecule has 122 valence electrons. The summed E-state index contributed by atoms with van der Waals surface area (Å²) >= 11 is 0. The number of nitrogens with one attached hydrogen (secondary N) is 1. The number of benzene rings is 1. The fraction of sp³-hybridized carbons (Fsp3) is 0.500. The molecule has 1 atom stereocenters. The van der Waals surface area contributed by atoms with E-state index in [1.807, 2.05) is 20.8 Å². The molecule has 0 radical (unpaired) electrons.